The van der Waals surface area contributed by atoms with Gasteiger partial charge in [0.25, 0.3) is 0 Å². The summed E-state index contributed by atoms with van der Waals surface area (Å²) in [5.41, 5.74) is 3.42. The molecule has 0 radical (unpaired) electrons. The number of halogens is 1. The summed E-state index contributed by atoms with van der Waals surface area (Å²) in [7, 11) is 0. The summed E-state index contributed by atoms with van der Waals surface area (Å²) in [6.07, 6.45) is 5.21. The van der Waals surface area contributed by atoms with Gasteiger partial charge in [0.2, 0.25) is 0 Å². The standard InChI is InChI=1S/C17H19ClN2O/c1-2-21-16-9-8-13(18)11-15(16)20-14-7-3-5-12-6-4-10-19-17(12)14/h4,6,8-11,14,20H,2-3,5,7H2,1H3. The van der Waals surface area contributed by atoms with Crippen LogP contribution < -0.4 is 10.1 Å². The number of pyridine rings is 1. The van der Waals surface area contributed by atoms with Gasteiger partial charge in [-0.15, -0.1) is 0 Å². The van der Waals surface area contributed by atoms with Gasteiger partial charge in [-0.3, -0.25) is 4.98 Å². The number of hydrogen-bond donors (Lipinski definition) is 1. The van der Waals surface area contributed by atoms with E-state index in [-0.39, 0.29) is 6.04 Å². The van der Waals surface area contributed by atoms with Crippen molar-refractivity contribution in [1.82, 2.24) is 4.98 Å². The maximum atomic E-state index is 6.12. The Morgan fingerprint density at radius 2 is 2.29 bits per heavy atom. The molecule has 0 saturated carbocycles. The predicted octanol–water partition coefficient (Wildman–Crippen LogP) is 4.62. The van der Waals surface area contributed by atoms with Crippen LogP contribution in [0.4, 0.5) is 5.69 Å². The third kappa shape index (κ3) is 3.13. The van der Waals surface area contributed by atoms with Crippen molar-refractivity contribution >= 4 is 17.3 Å². The lowest BCUT2D eigenvalue weighted by Crippen LogP contribution is -2.19. The van der Waals surface area contributed by atoms with E-state index in [1.54, 1.807) is 0 Å². The number of ether oxygens (including phenoxy) is 1. The zero-order chi connectivity index (χ0) is 14.7. The van der Waals surface area contributed by atoms with E-state index in [9.17, 15) is 0 Å². The molecule has 1 atom stereocenters. The monoisotopic (exact) mass is 302 g/mol. The Balaban J connectivity index is 1.89. The summed E-state index contributed by atoms with van der Waals surface area (Å²) in [5.74, 6) is 0.838. The van der Waals surface area contributed by atoms with Crippen molar-refractivity contribution in [2.75, 3.05) is 11.9 Å². The molecule has 0 amide bonds. The molecule has 1 heterocycles. The average Bonchev–Trinajstić information content (AvgIpc) is 2.50. The van der Waals surface area contributed by atoms with E-state index < -0.39 is 0 Å². The first-order valence-electron chi connectivity index (χ1n) is 7.40. The number of rotatable bonds is 4. The number of aromatic nitrogens is 1. The van der Waals surface area contributed by atoms with Crippen LogP contribution >= 0.6 is 11.6 Å². The quantitative estimate of drug-likeness (QED) is 0.894. The van der Waals surface area contributed by atoms with Crippen LogP contribution in [0.5, 0.6) is 5.75 Å². The van der Waals surface area contributed by atoms with Gasteiger partial charge in [0.05, 0.1) is 24.0 Å². The van der Waals surface area contributed by atoms with E-state index in [0.717, 1.165) is 30.0 Å². The summed E-state index contributed by atoms with van der Waals surface area (Å²) in [6, 6.07) is 10.1. The molecule has 1 aliphatic rings. The fourth-order valence-corrected chi connectivity index (χ4v) is 3.01. The maximum Gasteiger partial charge on any atom is 0.142 e. The van der Waals surface area contributed by atoms with Crippen molar-refractivity contribution in [3.05, 3.63) is 52.8 Å². The predicted molar refractivity (Wildman–Crippen MR) is 86.2 cm³/mol. The molecule has 1 aromatic heterocycles. The van der Waals surface area contributed by atoms with Gasteiger partial charge in [-0.1, -0.05) is 17.7 Å². The zero-order valence-corrected chi connectivity index (χ0v) is 12.9. The van der Waals surface area contributed by atoms with E-state index in [4.69, 9.17) is 16.3 Å². The molecule has 3 nitrogen and oxygen atoms in total. The number of aryl methyl sites for hydroxylation is 1. The first-order valence-corrected chi connectivity index (χ1v) is 7.78. The van der Waals surface area contributed by atoms with Crippen LogP contribution in [0.2, 0.25) is 5.02 Å². The molecule has 0 bridgehead atoms. The highest BCUT2D eigenvalue weighted by molar-refractivity contribution is 6.30. The Morgan fingerprint density at radius 1 is 1.38 bits per heavy atom. The molecule has 0 fully saturated rings. The molecule has 0 saturated heterocycles. The maximum absolute atomic E-state index is 6.12. The van der Waals surface area contributed by atoms with Crippen LogP contribution in [0.3, 0.4) is 0 Å². The fourth-order valence-electron chi connectivity index (χ4n) is 2.83. The molecule has 110 valence electrons. The summed E-state index contributed by atoms with van der Waals surface area (Å²) in [6.45, 7) is 2.62. The van der Waals surface area contributed by atoms with Gasteiger partial charge < -0.3 is 10.1 Å². The first kappa shape index (κ1) is 14.2. The number of anilines is 1. The van der Waals surface area contributed by atoms with Crippen LogP contribution in [-0.2, 0) is 6.42 Å². The lowest BCUT2D eigenvalue weighted by molar-refractivity contribution is 0.341. The number of fused-ring (bicyclic) bond motifs is 1. The second-order valence-electron chi connectivity index (χ2n) is 5.21. The summed E-state index contributed by atoms with van der Waals surface area (Å²) < 4.78 is 5.68. The topological polar surface area (TPSA) is 34.1 Å². The Morgan fingerprint density at radius 3 is 3.14 bits per heavy atom. The second-order valence-corrected chi connectivity index (χ2v) is 5.65. The van der Waals surface area contributed by atoms with Crippen LogP contribution in [0.15, 0.2) is 36.5 Å². The van der Waals surface area contributed by atoms with Crippen molar-refractivity contribution in [2.45, 2.75) is 32.2 Å². The number of hydrogen-bond acceptors (Lipinski definition) is 3. The van der Waals surface area contributed by atoms with E-state index in [1.807, 2.05) is 37.4 Å². The summed E-state index contributed by atoms with van der Waals surface area (Å²) in [4.78, 5) is 4.56. The number of benzene rings is 1. The average molecular weight is 303 g/mol. The zero-order valence-electron chi connectivity index (χ0n) is 12.1. The van der Waals surface area contributed by atoms with Crippen molar-refractivity contribution in [3.63, 3.8) is 0 Å². The first-order chi connectivity index (χ1) is 10.3. The summed E-state index contributed by atoms with van der Waals surface area (Å²) in [5, 5.41) is 4.27. The minimum Gasteiger partial charge on any atom is -0.492 e. The Labute approximate surface area is 130 Å². The Hall–Kier alpha value is -1.74. The highest BCUT2D eigenvalue weighted by Crippen LogP contribution is 2.35. The fraction of sp³-hybridized carbons (Fsp3) is 0.353. The Kier molecular flexibility index (Phi) is 4.30. The van der Waals surface area contributed by atoms with Gasteiger partial charge in [0, 0.05) is 11.2 Å². The molecule has 0 aliphatic heterocycles. The molecule has 1 aromatic carbocycles. The SMILES string of the molecule is CCOc1ccc(Cl)cc1NC1CCCc2cccnc21. The van der Waals surface area contributed by atoms with Crippen molar-refractivity contribution < 1.29 is 4.74 Å². The molecular formula is C17H19ClN2O. The minimum absolute atomic E-state index is 0.215. The van der Waals surface area contributed by atoms with E-state index >= 15 is 0 Å². The third-order valence-electron chi connectivity index (χ3n) is 3.77. The molecule has 1 N–H and O–H groups in total. The van der Waals surface area contributed by atoms with E-state index in [0.29, 0.717) is 11.6 Å². The number of nitrogens with zero attached hydrogens (tertiary/aromatic N) is 1. The van der Waals surface area contributed by atoms with Gasteiger partial charge in [-0.05, 0) is 56.0 Å². The van der Waals surface area contributed by atoms with E-state index in [2.05, 4.69) is 16.4 Å². The molecule has 21 heavy (non-hydrogen) atoms. The molecule has 3 rings (SSSR count). The lowest BCUT2D eigenvalue weighted by Gasteiger charge is -2.27. The van der Waals surface area contributed by atoms with Gasteiger partial charge in [0.15, 0.2) is 0 Å². The molecule has 1 aliphatic carbocycles. The van der Waals surface area contributed by atoms with Gasteiger partial charge >= 0.3 is 0 Å². The van der Waals surface area contributed by atoms with Crippen molar-refractivity contribution in [3.8, 4) is 5.75 Å². The number of nitrogens with one attached hydrogen (secondary N) is 1. The van der Waals surface area contributed by atoms with Crippen molar-refractivity contribution in [2.24, 2.45) is 0 Å². The molecule has 0 spiro atoms. The highest BCUT2D eigenvalue weighted by Gasteiger charge is 2.22. The summed E-state index contributed by atoms with van der Waals surface area (Å²) >= 11 is 6.12. The third-order valence-corrected chi connectivity index (χ3v) is 4.00. The van der Waals surface area contributed by atoms with Gasteiger partial charge in [-0.25, -0.2) is 0 Å². The van der Waals surface area contributed by atoms with E-state index in [1.165, 1.54) is 12.0 Å². The minimum atomic E-state index is 0.215. The smallest absolute Gasteiger partial charge is 0.142 e. The van der Waals surface area contributed by atoms with Gasteiger partial charge in [0.1, 0.15) is 5.75 Å². The molecule has 2 aromatic rings. The lowest BCUT2D eigenvalue weighted by atomic mass is 9.92. The normalized spacial score (nSPS) is 17.1. The second kappa shape index (κ2) is 6.35. The Bertz CT molecular complexity index is 630. The van der Waals surface area contributed by atoms with Crippen LogP contribution in [0.1, 0.15) is 37.1 Å². The highest BCUT2D eigenvalue weighted by atomic mass is 35.5. The largest absolute Gasteiger partial charge is 0.492 e. The molecule has 4 heteroatoms. The van der Waals surface area contributed by atoms with Crippen molar-refractivity contribution in [1.29, 1.82) is 0 Å². The van der Waals surface area contributed by atoms with Crippen LogP contribution in [0.25, 0.3) is 0 Å². The van der Waals surface area contributed by atoms with Gasteiger partial charge in [-0.2, -0.15) is 0 Å². The molecule has 1 unspecified atom stereocenters. The molecular weight excluding hydrogens is 284 g/mol. The van der Waals surface area contributed by atoms with Crippen LogP contribution in [0, 0.1) is 0 Å². The van der Waals surface area contributed by atoms with Crippen LogP contribution in [-0.4, -0.2) is 11.6 Å².